The molecule has 0 spiro atoms. The minimum Gasteiger partial charge on any atom is -0.490 e. The van der Waals surface area contributed by atoms with Gasteiger partial charge in [0.05, 0.1) is 6.61 Å². The number of ether oxygens (including phenoxy) is 2. The predicted molar refractivity (Wildman–Crippen MR) is 108 cm³/mol. The fourth-order valence-electron chi connectivity index (χ4n) is 2.77. The summed E-state index contributed by atoms with van der Waals surface area (Å²) in [6, 6.07) is 7.39. The number of unbranched alkanes of at least 4 members (excludes halogenated alkanes) is 8. The quantitative estimate of drug-likeness (QED) is 0.284. The van der Waals surface area contributed by atoms with Crippen LogP contribution in [0.2, 0.25) is 0 Å². The Bertz CT molecular complexity index is 596. The topological polar surface area (TPSA) is 93.1 Å². The van der Waals surface area contributed by atoms with E-state index in [4.69, 9.17) is 19.7 Å². The number of carboxylic acids is 2. The molecule has 0 atom stereocenters. The van der Waals surface area contributed by atoms with Crippen LogP contribution in [0.5, 0.6) is 11.5 Å². The van der Waals surface area contributed by atoms with Crippen LogP contribution in [-0.2, 0) is 9.59 Å². The van der Waals surface area contributed by atoms with Crippen LogP contribution in [0.1, 0.15) is 64.2 Å². The first-order chi connectivity index (χ1) is 13.6. The van der Waals surface area contributed by atoms with E-state index in [-0.39, 0.29) is 13.0 Å². The summed E-state index contributed by atoms with van der Waals surface area (Å²) < 4.78 is 11.3. The number of rotatable bonds is 17. The Hall–Kier alpha value is -2.50. The zero-order valence-corrected chi connectivity index (χ0v) is 16.5. The molecule has 1 aromatic rings. The van der Waals surface area contributed by atoms with E-state index in [1.54, 1.807) is 6.07 Å². The first-order valence-electron chi connectivity index (χ1n) is 10.1. The third kappa shape index (κ3) is 12.8. The van der Waals surface area contributed by atoms with Gasteiger partial charge in [0.1, 0.15) is 6.61 Å². The monoisotopic (exact) mass is 392 g/mol. The molecule has 28 heavy (non-hydrogen) atoms. The van der Waals surface area contributed by atoms with Gasteiger partial charge in [-0.1, -0.05) is 57.1 Å². The molecule has 0 radical (unpaired) electrons. The molecule has 0 fully saturated rings. The Morgan fingerprint density at radius 3 is 1.89 bits per heavy atom. The number of carboxylic acid groups (broad SMARTS) is 2. The number of hydrogen-bond acceptors (Lipinski definition) is 4. The smallest absolute Gasteiger partial charge is 0.328 e. The number of aliphatic carboxylic acids is 2. The second kappa shape index (κ2) is 15.5. The Kier molecular flexibility index (Phi) is 13.1. The molecule has 0 aromatic heterocycles. The Morgan fingerprint density at radius 2 is 1.32 bits per heavy atom. The average Bonchev–Trinajstić information content (AvgIpc) is 2.66. The molecule has 6 heteroatoms. The van der Waals surface area contributed by atoms with Crippen molar-refractivity contribution in [3.8, 4) is 11.5 Å². The van der Waals surface area contributed by atoms with Gasteiger partial charge in [-0.25, -0.2) is 4.79 Å². The van der Waals surface area contributed by atoms with Gasteiger partial charge >= 0.3 is 11.9 Å². The van der Waals surface area contributed by atoms with E-state index in [0.717, 1.165) is 38.2 Å². The minimum atomic E-state index is -0.994. The largest absolute Gasteiger partial charge is 0.490 e. The van der Waals surface area contributed by atoms with Gasteiger partial charge < -0.3 is 19.7 Å². The highest BCUT2D eigenvalue weighted by atomic mass is 16.5. The molecule has 0 amide bonds. The zero-order valence-electron chi connectivity index (χ0n) is 16.5. The minimum absolute atomic E-state index is 0.184. The highest BCUT2D eigenvalue weighted by Gasteiger charge is 2.03. The molecule has 0 aliphatic carbocycles. The summed E-state index contributed by atoms with van der Waals surface area (Å²) in [7, 11) is 0. The number of carbonyl (C=O) groups is 2. The van der Waals surface area contributed by atoms with Crippen molar-refractivity contribution in [1.29, 1.82) is 0 Å². The SMILES string of the molecule is O=C(O)/C=C/COc1ccccc1OCCCCCCCCCCCC(=O)O. The van der Waals surface area contributed by atoms with Crippen molar-refractivity contribution in [3.05, 3.63) is 36.4 Å². The second-order valence-corrected chi connectivity index (χ2v) is 6.67. The molecule has 0 aliphatic heterocycles. The van der Waals surface area contributed by atoms with E-state index in [1.165, 1.54) is 31.8 Å². The van der Waals surface area contributed by atoms with E-state index in [1.807, 2.05) is 18.2 Å². The lowest BCUT2D eigenvalue weighted by Gasteiger charge is -2.11. The van der Waals surface area contributed by atoms with Crippen LogP contribution in [0.3, 0.4) is 0 Å². The fourth-order valence-corrected chi connectivity index (χ4v) is 2.77. The van der Waals surface area contributed by atoms with Gasteiger partial charge in [0, 0.05) is 12.5 Å². The summed E-state index contributed by atoms with van der Waals surface area (Å²) >= 11 is 0. The molecule has 6 nitrogen and oxygen atoms in total. The highest BCUT2D eigenvalue weighted by Crippen LogP contribution is 2.26. The average molecular weight is 392 g/mol. The maximum absolute atomic E-state index is 10.4. The van der Waals surface area contributed by atoms with Gasteiger partial charge in [-0.05, 0) is 31.1 Å². The van der Waals surface area contributed by atoms with E-state index < -0.39 is 11.9 Å². The summed E-state index contributed by atoms with van der Waals surface area (Å²) in [5.41, 5.74) is 0. The Balaban J connectivity index is 2.05. The van der Waals surface area contributed by atoms with Crippen LogP contribution in [0, 0.1) is 0 Å². The van der Waals surface area contributed by atoms with Gasteiger partial charge in [0.25, 0.3) is 0 Å². The summed E-state index contributed by atoms with van der Waals surface area (Å²) in [4.78, 5) is 20.9. The first-order valence-corrected chi connectivity index (χ1v) is 10.1. The number of para-hydroxylation sites is 2. The van der Waals surface area contributed by atoms with Crippen molar-refractivity contribution in [2.45, 2.75) is 64.2 Å². The molecule has 0 saturated heterocycles. The van der Waals surface area contributed by atoms with Crippen LogP contribution in [0.15, 0.2) is 36.4 Å². The van der Waals surface area contributed by atoms with Crippen LogP contribution < -0.4 is 9.47 Å². The Labute approximate surface area is 167 Å². The summed E-state index contributed by atoms with van der Waals surface area (Å²) in [5, 5.41) is 17.1. The molecule has 1 aromatic carbocycles. The standard InChI is InChI=1S/C22H32O6/c23-21(24)15-8-6-4-2-1-3-5-7-11-17-27-19-13-9-10-14-20(19)28-18-12-16-22(25)26/h9-10,12-14,16H,1-8,11,15,17-18H2,(H,23,24)(H,25,26)/b16-12+. The third-order valence-electron chi connectivity index (χ3n) is 4.24. The first kappa shape index (κ1) is 23.5. The molecular formula is C22H32O6. The summed E-state index contributed by atoms with van der Waals surface area (Å²) in [6.45, 7) is 0.809. The maximum atomic E-state index is 10.4. The fraction of sp³-hybridized carbons (Fsp3) is 0.545. The highest BCUT2D eigenvalue weighted by molar-refractivity contribution is 5.79. The van der Waals surface area contributed by atoms with Crippen LogP contribution >= 0.6 is 0 Å². The molecule has 0 heterocycles. The molecule has 0 aliphatic rings. The molecule has 156 valence electrons. The van der Waals surface area contributed by atoms with E-state index in [9.17, 15) is 9.59 Å². The zero-order chi connectivity index (χ0) is 20.5. The van der Waals surface area contributed by atoms with E-state index in [2.05, 4.69) is 0 Å². The van der Waals surface area contributed by atoms with Gasteiger partial charge in [-0.15, -0.1) is 0 Å². The van der Waals surface area contributed by atoms with Crippen molar-refractivity contribution in [2.75, 3.05) is 13.2 Å². The summed E-state index contributed by atoms with van der Waals surface area (Å²) in [6.07, 6.45) is 12.6. The lowest BCUT2D eigenvalue weighted by atomic mass is 10.1. The van der Waals surface area contributed by atoms with Gasteiger partial charge in [0.2, 0.25) is 0 Å². The Morgan fingerprint density at radius 1 is 0.786 bits per heavy atom. The van der Waals surface area contributed by atoms with Gasteiger partial charge in [-0.2, -0.15) is 0 Å². The predicted octanol–water partition coefficient (Wildman–Crippen LogP) is 5.07. The molecule has 2 N–H and O–H groups in total. The van der Waals surface area contributed by atoms with Gasteiger partial charge in [0.15, 0.2) is 11.5 Å². The normalized spacial score (nSPS) is 10.9. The summed E-state index contributed by atoms with van der Waals surface area (Å²) in [5.74, 6) is -0.411. The van der Waals surface area contributed by atoms with Crippen molar-refractivity contribution >= 4 is 11.9 Å². The molecule has 0 unspecified atom stereocenters. The van der Waals surface area contributed by atoms with Crippen LogP contribution in [0.4, 0.5) is 0 Å². The lowest BCUT2D eigenvalue weighted by Crippen LogP contribution is -2.01. The van der Waals surface area contributed by atoms with E-state index >= 15 is 0 Å². The van der Waals surface area contributed by atoms with Crippen molar-refractivity contribution < 1.29 is 29.3 Å². The number of benzene rings is 1. The molecule has 1 rings (SSSR count). The second-order valence-electron chi connectivity index (χ2n) is 6.67. The van der Waals surface area contributed by atoms with Gasteiger partial charge in [-0.3, -0.25) is 4.79 Å². The molecule has 0 bridgehead atoms. The third-order valence-corrected chi connectivity index (χ3v) is 4.24. The van der Waals surface area contributed by atoms with Crippen molar-refractivity contribution in [3.63, 3.8) is 0 Å². The molecule has 0 saturated carbocycles. The van der Waals surface area contributed by atoms with Crippen molar-refractivity contribution in [1.82, 2.24) is 0 Å². The molecular weight excluding hydrogens is 360 g/mol. The van der Waals surface area contributed by atoms with Crippen LogP contribution in [0.25, 0.3) is 0 Å². The number of hydrogen-bond donors (Lipinski definition) is 2. The lowest BCUT2D eigenvalue weighted by molar-refractivity contribution is -0.137. The van der Waals surface area contributed by atoms with E-state index in [0.29, 0.717) is 18.1 Å². The maximum Gasteiger partial charge on any atom is 0.328 e. The van der Waals surface area contributed by atoms with Crippen molar-refractivity contribution in [2.24, 2.45) is 0 Å². The van der Waals surface area contributed by atoms with Crippen LogP contribution in [-0.4, -0.2) is 35.4 Å².